The van der Waals surface area contributed by atoms with Gasteiger partial charge in [-0.3, -0.25) is 9.59 Å². The van der Waals surface area contributed by atoms with Gasteiger partial charge in [-0.05, 0) is 62.1 Å². The van der Waals surface area contributed by atoms with Crippen LogP contribution in [-0.2, 0) is 22.4 Å². The van der Waals surface area contributed by atoms with E-state index in [0.717, 1.165) is 35.5 Å². The summed E-state index contributed by atoms with van der Waals surface area (Å²) in [6.45, 7) is 2.46. The number of carbonyl (C=O) groups is 2. The highest BCUT2D eigenvalue weighted by Gasteiger charge is 2.49. The summed E-state index contributed by atoms with van der Waals surface area (Å²) in [5, 5.41) is 0.111. The number of nitrogens with two attached hydrogens (primary N) is 1. The van der Waals surface area contributed by atoms with Crippen LogP contribution in [0, 0.1) is 0 Å². The average molecular weight is 393 g/mol. The number of amides is 2. The van der Waals surface area contributed by atoms with Gasteiger partial charge in [0.15, 0.2) is 0 Å². The lowest BCUT2D eigenvalue weighted by atomic mass is 10.0. The summed E-state index contributed by atoms with van der Waals surface area (Å²) in [4.78, 5) is 32.2. The Morgan fingerprint density at radius 2 is 2.04 bits per heavy atom. The molecule has 1 aromatic carbocycles. The zero-order chi connectivity index (χ0) is 19.4. The average Bonchev–Trinajstić information content (AvgIpc) is 3.24. The zero-order valence-electron chi connectivity index (χ0n) is 15.4. The molecule has 2 N–H and O–H groups in total. The molecule has 1 saturated heterocycles. The predicted octanol–water partition coefficient (Wildman–Crippen LogP) is 2.69. The van der Waals surface area contributed by atoms with Crippen LogP contribution in [0.3, 0.4) is 0 Å². The van der Waals surface area contributed by atoms with Crippen LogP contribution in [0.25, 0.3) is 5.70 Å². The minimum Gasteiger partial charge on any atom is -0.494 e. The maximum atomic E-state index is 13.1. The minimum atomic E-state index is -0.640. The lowest BCUT2D eigenvalue weighted by Gasteiger charge is -2.20. The van der Waals surface area contributed by atoms with E-state index < -0.39 is 5.25 Å². The van der Waals surface area contributed by atoms with E-state index in [-0.39, 0.29) is 11.8 Å². The van der Waals surface area contributed by atoms with Crippen LogP contribution in [0.5, 0.6) is 5.75 Å². The molecule has 0 radical (unpaired) electrons. The fourth-order valence-electron chi connectivity index (χ4n) is 4.03. The Hall–Kier alpha value is -2.80. The lowest BCUT2D eigenvalue weighted by molar-refractivity contribution is -0.120. The molecule has 28 heavy (non-hydrogen) atoms. The molecule has 0 saturated carbocycles. The number of aryl methyl sites for hydroxylation is 2. The van der Waals surface area contributed by atoms with Gasteiger partial charge in [0.1, 0.15) is 16.0 Å². The van der Waals surface area contributed by atoms with Gasteiger partial charge >= 0.3 is 0 Å². The van der Waals surface area contributed by atoms with Crippen molar-refractivity contribution in [3.8, 4) is 5.75 Å². The summed E-state index contributed by atoms with van der Waals surface area (Å²) in [5.41, 5.74) is 10.7. The Morgan fingerprint density at radius 1 is 1.25 bits per heavy atom. The number of aromatic nitrogens is 1. The van der Waals surface area contributed by atoms with Crippen LogP contribution in [0.1, 0.15) is 30.2 Å². The molecule has 3 aliphatic rings. The lowest BCUT2D eigenvalue weighted by Crippen LogP contribution is -2.31. The van der Waals surface area contributed by atoms with E-state index in [1.807, 2.05) is 13.0 Å². The van der Waals surface area contributed by atoms with Crippen LogP contribution in [-0.4, -0.2) is 28.7 Å². The number of thioether (sulfide) groups is 1. The van der Waals surface area contributed by atoms with Crippen molar-refractivity contribution in [1.82, 2.24) is 4.98 Å². The molecule has 0 unspecified atom stereocenters. The summed E-state index contributed by atoms with van der Waals surface area (Å²) in [6, 6.07) is 9.01. The molecule has 1 aromatic heterocycles. The van der Waals surface area contributed by atoms with E-state index in [0.29, 0.717) is 29.3 Å². The number of carbonyl (C=O) groups excluding carboxylic acids is 2. The summed E-state index contributed by atoms with van der Waals surface area (Å²) in [7, 11) is 0. The Kier molecular flexibility index (Phi) is 3.94. The van der Waals surface area contributed by atoms with Crippen molar-refractivity contribution >= 4 is 35.0 Å². The second-order valence-electron chi connectivity index (χ2n) is 7.03. The Balaban J connectivity index is 1.55. The van der Waals surface area contributed by atoms with Crippen LogP contribution in [0.4, 0.5) is 5.69 Å². The number of hydrogen-bond acceptors (Lipinski definition) is 6. The smallest absolute Gasteiger partial charge is 0.264 e. The normalized spacial score (nSPS) is 20.3. The Labute approximate surface area is 166 Å². The highest BCUT2D eigenvalue weighted by molar-refractivity contribution is 8.01. The molecule has 2 aromatic rings. The molecular formula is C21H19N3O3S. The van der Waals surface area contributed by atoms with Gasteiger partial charge in [-0.2, -0.15) is 0 Å². The van der Waals surface area contributed by atoms with E-state index in [9.17, 15) is 9.59 Å². The van der Waals surface area contributed by atoms with E-state index >= 15 is 0 Å². The molecule has 0 bridgehead atoms. The number of imide groups is 1. The third-order valence-electron chi connectivity index (χ3n) is 5.37. The summed E-state index contributed by atoms with van der Waals surface area (Å²) in [6.07, 6.45) is 3.02. The van der Waals surface area contributed by atoms with E-state index in [1.165, 1.54) is 22.2 Å². The molecule has 1 aliphatic carbocycles. The second-order valence-corrected chi connectivity index (χ2v) is 8.13. The van der Waals surface area contributed by atoms with Crippen LogP contribution in [0.15, 0.2) is 40.9 Å². The summed E-state index contributed by atoms with van der Waals surface area (Å²) >= 11 is 1.33. The van der Waals surface area contributed by atoms with Gasteiger partial charge in [0, 0.05) is 11.3 Å². The first-order valence-electron chi connectivity index (χ1n) is 9.39. The molecule has 5 rings (SSSR count). The topological polar surface area (TPSA) is 85.5 Å². The molecular weight excluding hydrogens is 374 g/mol. The fourth-order valence-corrected chi connectivity index (χ4v) is 5.27. The fraction of sp³-hybridized carbons (Fsp3) is 0.286. The minimum absolute atomic E-state index is 0.273. The number of benzene rings is 1. The van der Waals surface area contributed by atoms with Gasteiger partial charge in [0.25, 0.3) is 11.8 Å². The number of ether oxygens (including phenoxy) is 1. The molecule has 2 aliphatic heterocycles. The van der Waals surface area contributed by atoms with Crippen molar-refractivity contribution in [3.05, 3.63) is 52.7 Å². The first-order chi connectivity index (χ1) is 13.6. The van der Waals surface area contributed by atoms with Gasteiger partial charge in [-0.15, -0.1) is 0 Å². The van der Waals surface area contributed by atoms with Crippen molar-refractivity contribution in [1.29, 1.82) is 0 Å². The molecule has 0 spiro atoms. The highest BCUT2D eigenvalue weighted by Crippen LogP contribution is 2.45. The maximum Gasteiger partial charge on any atom is 0.264 e. The number of pyridine rings is 1. The zero-order valence-corrected chi connectivity index (χ0v) is 16.2. The monoisotopic (exact) mass is 393 g/mol. The Morgan fingerprint density at radius 3 is 2.79 bits per heavy atom. The highest BCUT2D eigenvalue weighted by atomic mass is 32.2. The molecule has 2 amide bonds. The van der Waals surface area contributed by atoms with Crippen molar-refractivity contribution in [2.45, 2.75) is 36.5 Å². The van der Waals surface area contributed by atoms with Gasteiger partial charge in [-0.25, -0.2) is 9.88 Å². The SMILES string of the molecule is CCOc1ccc(N2C(=O)C3=C(N)c4cc5c(nc4S[C@@H]3C2=O)CCC5)cc1. The number of rotatable bonds is 3. The van der Waals surface area contributed by atoms with E-state index in [4.69, 9.17) is 15.5 Å². The van der Waals surface area contributed by atoms with Gasteiger partial charge < -0.3 is 10.5 Å². The number of anilines is 1. The van der Waals surface area contributed by atoms with Crippen LogP contribution >= 0.6 is 11.8 Å². The summed E-state index contributed by atoms with van der Waals surface area (Å²) in [5.74, 6) is 0.0716. The quantitative estimate of drug-likeness (QED) is 0.807. The maximum absolute atomic E-state index is 13.1. The summed E-state index contributed by atoms with van der Waals surface area (Å²) < 4.78 is 5.44. The number of nitrogens with zero attached hydrogens (tertiary/aromatic N) is 2. The number of fused-ring (bicyclic) bond motifs is 3. The molecule has 3 heterocycles. The van der Waals surface area contributed by atoms with Crippen molar-refractivity contribution in [2.24, 2.45) is 5.73 Å². The molecule has 142 valence electrons. The van der Waals surface area contributed by atoms with Crippen LogP contribution in [0.2, 0.25) is 0 Å². The third-order valence-corrected chi connectivity index (χ3v) is 6.58. The van der Waals surface area contributed by atoms with Gasteiger partial charge in [0.05, 0.1) is 23.6 Å². The third kappa shape index (κ3) is 2.46. The van der Waals surface area contributed by atoms with Crippen molar-refractivity contribution in [3.63, 3.8) is 0 Å². The van der Waals surface area contributed by atoms with E-state index in [2.05, 4.69) is 0 Å². The van der Waals surface area contributed by atoms with E-state index in [1.54, 1.807) is 24.3 Å². The van der Waals surface area contributed by atoms with Gasteiger partial charge in [-0.1, -0.05) is 11.8 Å². The van der Waals surface area contributed by atoms with Crippen LogP contribution < -0.4 is 15.4 Å². The largest absolute Gasteiger partial charge is 0.494 e. The molecule has 1 atom stereocenters. The predicted molar refractivity (Wildman–Crippen MR) is 107 cm³/mol. The molecule has 1 fully saturated rings. The number of hydrogen-bond donors (Lipinski definition) is 1. The van der Waals surface area contributed by atoms with Crippen molar-refractivity contribution in [2.75, 3.05) is 11.5 Å². The van der Waals surface area contributed by atoms with Gasteiger partial charge in [0.2, 0.25) is 0 Å². The second kappa shape index (κ2) is 6.38. The first-order valence-corrected chi connectivity index (χ1v) is 10.3. The molecule has 6 nitrogen and oxygen atoms in total. The Bertz CT molecular complexity index is 1050. The first kappa shape index (κ1) is 17.3. The standard InChI is InChI=1S/C21H19N3O3S/c1-2-27-13-8-6-12(7-9-13)24-20(25)16-17(22)14-10-11-4-3-5-15(11)23-19(14)28-18(16)21(24)26/h6-10,18H,2-5,22H2,1H3/t18-/m0/s1. The van der Waals surface area contributed by atoms with Crippen molar-refractivity contribution < 1.29 is 14.3 Å². The molecule has 7 heteroatoms.